The minimum Gasteiger partial charge on any atom is -0.372 e. The van der Waals surface area contributed by atoms with Crippen LogP contribution in [0.4, 0.5) is 11.4 Å². The lowest BCUT2D eigenvalue weighted by molar-refractivity contribution is -0.136. The van der Waals surface area contributed by atoms with E-state index in [1.54, 1.807) is 4.90 Å². The Kier molecular flexibility index (Phi) is 5.37. The van der Waals surface area contributed by atoms with Crippen LogP contribution in [0.2, 0.25) is 0 Å². The van der Waals surface area contributed by atoms with E-state index in [2.05, 4.69) is 24.0 Å². The predicted octanol–water partition coefficient (Wildman–Crippen LogP) is 3.29. The molecule has 0 radical (unpaired) electrons. The number of hydrogen-bond donors (Lipinski definition) is 0. The summed E-state index contributed by atoms with van der Waals surface area (Å²) >= 11 is 0. The molecule has 3 aliphatic heterocycles. The smallest absolute Gasteiger partial charge is 0.228 e. The Morgan fingerprint density at radius 3 is 2.22 bits per heavy atom. The van der Waals surface area contributed by atoms with Gasteiger partial charge in [-0.1, -0.05) is 6.92 Å². The molecule has 0 aromatic heterocycles. The molecule has 4 rings (SSSR count). The maximum absolute atomic E-state index is 12.8. The van der Waals surface area contributed by atoms with Crippen molar-refractivity contribution >= 4 is 23.2 Å². The van der Waals surface area contributed by atoms with Gasteiger partial charge in [-0.2, -0.15) is 0 Å². The third kappa shape index (κ3) is 3.97. The van der Waals surface area contributed by atoms with E-state index in [0.29, 0.717) is 13.0 Å². The van der Waals surface area contributed by atoms with E-state index in [-0.39, 0.29) is 17.7 Å². The first-order valence-electron chi connectivity index (χ1n) is 10.6. The molecule has 2 amide bonds. The fourth-order valence-electron chi connectivity index (χ4n) is 4.61. The summed E-state index contributed by atoms with van der Waals surface area (Å²) in [7, 11) is 0. The molecule has 1 atom stereocenters. The van der Waals surface area contributed by atoms with Crippen LogP contribution >= 0.6 is 0 Å². The summed E-state index contributed by atoms with van der Waals surface area (Å²) in [6.45, 7) is 6.76. The summed E-state index contributed by atoms with van der Waals surface area (Å²) in [5.74, 6) is 0.880. The number of anilines is 2. The second-order valence-corrected chi connectivity index (χ2v) is 8.48. The number of hydrogen-bond acceptors (Lipinski definition) is 3. The SMILES string of the molecule is CC1CCN(c2ccc(N3CC(C(=O)N4CCCCC4)CC3=O)cc2)CC1. The third-order valence-corrected chi connectivity index (χ3v) is 6.45. The van der Waals surface area contributed by atoms with E-state index in [4.69, 9.17) is 0 Å². The summed E-state index contributed by atoms with van der Waals surface area (Å²) in [6.07, 6.45) is 6.22. The Labute approximate surface area is 162 Å². The van der Waals surface area contributed by atoms with Crippen LogP contribution in [0.15, 0.2) is 24.3 Å². The van der Waals surface area contributed by atoms with Crippen LogP contribution in [-0.4, -0.2) is 49.4 Å². The molecule has 27 heavy (non-hydrogen) atoms. The van der Waals surface area contributed by atoms with Crippen molar-refractivity contribution < 1.29 is 9.59 Å². The number of benzene rings is 1. The molecule has 1 aromatic rings. The average molecular weight is 370 g/mol. The lowest BCUT2D eigenvalue weighted by Crippen LogP contribution is -2.40. The number of rotatable bonds is 3. The molecular formula is C22H31N3O2. The van der Waals surface area contributed by atoms with Crippen molar-refractivity contribution in [2.75, 3.05) is 42.5 Å². The molecule has 3 aliphatic rings. The molecule has 5 heteroatoms. The van der Waals surface area contributed by atoms with E-state index in [9.17, 15) is 9.59 Å². The van der Waals surface area contributed by atoms with E-state index >= 15 is 0 Å². The normalized spacial score (nSPS) is 24.6. The van der Waals surface area contributed by atoms with Gasteiger partial charge in [-0.15, -0.1) is 0 Å². The number of carbonyl (C=O) groups excluding carboxylic acids is 2. The van der Waals surface area contributed by atoms with Crippen molar-refractivity contribution in [3.63, 3.8) is 0 Å². The number of likely N-dealkylation sites (tertiary alicyclic amines) is 1. The van der Waals surface area contributed by atoms with Crippen LogP contribution in [0.1, 0.15) is 45.4 Å². The minimum atomic E-state index is -0.182. The number of piperidine rings is 2. The van der Waals surface area contributed by atoms with Gasteiger partial charge in [-0.3, -0.25) is 9.59 Å². The van der Waals surface area contributed by atoms with Gasteiger partial charge < -0.3 is 14.7 Å². The molecule has 5 nitrogen and oxygen atoms in total. The van der Waals surface area contributed by atoms with Gasteiger partial charge in [-0.05, 0) is 62.3 Å². The lowest BCUT2D eigenvalue weighted by atomic mass is 9.99. The fraction of sp³-hybridized carbons (Fsp3) is 0.636. The highest BCUT2D eigenvalue weighted by molar-refractivity contribution is 6.00. The van der Waals surface area contributed by atoms with E-state index in [1.807, 2.05) is 17.0 Å². The zero-order chi connectivity index (χ0) is 18.8. The maximum Gasteiger partial charge on any atom is 0.228 e. The summed E-state index contributed by atoms with van der Waals surface area (Å²) < 4.78 is 0. The maximum atomic E-state index is 12.8. The Hall–Kier alpha value is -2.04. The van der Waals surface area contributed by atoms with Crippen molar-refractivity contribution in [3.8, 4) is 0 Å². The Morgan fingerprint density at radius 2 is 1.56 bits per heavy atom. The van der Waals surface area contributed by atoms with E-state index < -0.39 is 0 Å². The lowest BCUT2D eigenvalue weighted by Gasteiger charge is -2.32. The summed E-state index contributed by atoms with van der Waals surface area (Å²) in [5, 5.41) is 0. The van der Waals surface area contributed by atoms with Crippen molar-refractivity contribution in [3.05, 3.63) is 24.3 Å². The van der Waals surface area contributed by atoms with Gasteiger partial charge in [0.15, 0.2) is 0 Å². The van der Waals surface area contributed by atoms with Crippen molar-refractivity contribution in [2.24, 2.45) is 11.8 Å². The molecule has 146 valence electrons. The van der Waals surface area contributed by atoms with Crippen LogP contribution in [-0.2, 0) is 9.59 Å². The zero-order valence-corrected chi connectivity index (χ0v) is 16.4. The Balaban J connectivity index is 1.39. The largest absolute Gasteiger partial charge is 0.372 e. The minimum absolute atomic E-state index is 0.0740. The number of nitrogens with zero attached hydrogens (tertiary/aromatic N) is 3. The first-order valence-corrected chi connectivity index (χ1v) is 10.6. The first kappa shape index (κ1) is 18.3. The molecule has 3 fully saturated rings. The van der Waals surface area contributed by atoms with Crippen LogP contribution in [0.3, 0.4) is 0 Å². The molecule has 0 saturated carbocycles. The van der Waals surface area contributed by atoms with Gasteiger partial charge in [0.05, 0.1) is 5.92 Å². The first-order chi connectivity index (χ1) is 13.1. The highest BCUT2D eigenvalue weighted by Crippen LogP contribution is 2.30. The zero-order valence-electron chi connectivity index (χ0n) is 16.4. The van der Waals surface area contributed by atoms with Crippen LogP contribution < -0.4 is 9.80 Å². The standard InChI is InChI=1S/C22H31N3O2/c1-17-9-13-23(14-10-17)19-5-7-20(8-6-19)25-16-18(15-21(25)26)22(27)24-11-3-2-4-12-24/h5-8,17-18H,2-4,9-16H2,1H3. The molecule has 1 aromatic carbocycles. The number of carbonyl (C=O) groups is 2. The molecule has 0 bridgehead atoms. The van der Waals surface area contributed by atoms with E-state index in [1.165, 1.54) is 24.9 Å². The second-order valence-electron chi connectivity index (χ2n) is 8.48. The topological polar surface area (TPSA) is 43.9 Å². The van der Waals surface area contributed by atoms with Gasteiger partial charge in [-0.25, -0.2) is 0 Å². The molecule has 0 N–H and O–H groups in total. The van der Waals surface area contributed by atoms with Gasteiger partial charge in [0.2, 0.25) is 11.8 Å². The highest BCUT2D eigenvalue weighted by atomic mass is 16.2. The van der Waals surface area contributed by atoms with Gasteiger partial charge in [0, 0.05) is 50.5 Å². The summed E-state index contributed by atoms with van der Waals surface area (Å²) in [4.78, 5) is 31.5. The summed E-state index contributed by atoms with van der Waals surface area (Å²) in [5.41, 5.74) is 2.15. The van der Waals surface area contributed by atoms with E-state index in [0.717, 1.165) is 50.6 Å². The van der Waals surface area contributed by atoms with Crippen molar-refractivity contribution in [1.29, 1.82) is 0 Å². The fourth-order valence-corrected chi connectivity index (χ4v) is 4.61. The molecule has 1 unspecified atom stereocenters. The van der Waals surface area contributed by atoms with Crippen molar-refractivity contribution in [1.82, 2.24) is 4.90 Å². The van der Waals surface area contributed by atoms with Gasteiger partial charge in [0.1, 0.15) is 0 Å². The molecule has 0 spiro atoms. The second kappa shape index (κ2) is 7.91. The molecule has 0 aliphatic carbocycles. The molecule has 3 heterocycles. The molecule has 3 saturated heterocycles. The number of amides is 2. The predicted molar refractivity (Wildman–Crippen MR) is 108 cm³/mol. The monoisotopic (exact) mass is 369 g/mol. The van der Waals surface area contributed by atoms with Gasteiger partial charge >= 0.3 is 0 Å². The average Bonchev–Trinajstić information content (AvgIpc) is 3.10. The Bertz CT molecular complexity index is 673. The van der Waals surface area contributed by atoms with Gasteiger partial charge in [0.25, 0.3) is 0 Å². The quantitative estimate of drug-likeness (QED) is 0.821. The molecular weight excluding hydrogens is 338 g/mol. The van der Waals surface area contributed by atoms with Crippen molar-refractivity contribution in [2.45, 2.75) is 45.4 Å². The van der Waals surface area contributed by atoms with Crippen LogP contribution in [0.25, 0.3) is 0 Å². The third-order valence-electron chi connectivity index (χ3n) is 6.45. The highest BCUT2D eigenvalue weighted by Gasteiger charge is 2.37. The summed E-state index contributed by atoms with van der Waals surface area (Å²) in [6, 6.07) is 8.33. The van der Waals surface area contributed by atoms with Crippen LogP contribution in [0.5, 0.6) is 0 Å². The van der Waals surface area contributed by atoms with Crippen LogP contribution in [0, 0.1) is 11.8 Å². The Morgan fingerprint density at radius 1 is 0.926 bits per heavy atom.